The Morgan fingerprint density at radius 1 is 1.30 bits per heavy atom. The van der Waals surface area contributed by atoms with Crippen LogP contribution in [0.2, 0.25) is 0 Å². The fraction of sp³-hybridized carbons (Fsp3) is 0.429. The second-order valence-electron chi connectivity index (χ2n) is 6.99. The summed E-state index contributed by atoms with van der Waals surface area (Å²) in [5, 5.41) is 2.04. The van der Waals surface area contributed by atoms with Crippen molar-refractivity contribution in [2.24, 2.45) is 0 Å². The van der Waals surface area contributed by atoms with E-state index in [1.54, 1.807) is 28.4 Å². The fourth-order valence-electron chi connectivity index (χ4n) is 3.62. The highest BCUT2D eigenvalue weighted by molar-refractivity contribution is 7.10. The van der Waals surface area contributed by atoms with Crippen molar-refractivity contribution in [2.45, 2.75) is 45.7 Å². The maximum absolute atomic E-state index is 13.4. The number of thiophene rings is 1. The molecule has 1 aromatic carbocycles. The van der Waals surface area contributed by atoms with Crippen molar-refractivity contribution >= 4 is 23.2 Å². The number of benzene rings is 1. The molecule has 0 radical (unpaired) electrons. The lowest BCUT2D eigenvalue weighted by atomic mass is 9.93. The maximum Gasteiger partial charge on any atom is 0.243 e. The Kier molecular flexibility index (Phi) is 5.95. The summed E-state index contributed by atoms with van der Waals surface area (Å²) < 4.78 is 13.4. The van der Waals surface area contributed by atoms with Gasteiger partial charge < -0.3 is 9.80 Å². The van der Waals surface area contributed by atoms with Crippen molar-refractivity contribution in [3.8, 4) is 0 Å². The Hall–Kier alpha value is -2.21. The smallest absolute Gasteiger partial charge is 0.243 e. The van der Waals surface area contributed by atoms with Crippen LogP contribution >= 0.6 is 11.3 Å². The van der Waals surface area contributed by atoms with Gasteiger partial charge in [-0.15, -0.1) is 11.3 Å². The van der Waals surface area contributed by atoms with Crippen molar-refractivity contribution < 1.29 is 14.0 Å². The average molecular weight is 389 g/mol. The molecule has 0 aliphatic carbocycles. The van der Waals surface area contributed by atoms with E-state index in [0.717, 1.165) is 24.0 Å². The molecule has 0 fully saturated rings. The monoisotopic (exact) mass is 388 g/mol. The minimum absolute atomic E-state index is 0.0113. The average Bonchev–Trinajstić information content (AvgIpc) is 3.13. The van der Waals surface area contributed by atoms with Crippen molar-refractivity contribution in [1.29, 1.82) is 0 Å². The van der Waals surface area contributed by atoms with Gasteiger partial charge in [0.1, 0.15) is 12.4 Å². The molecule has 0 saturated carbocycles. The zero-order chi connectivity index (χ0) is 19.6. The molecule has 0 bridgehead atoms. The van der Waals surface area contributed by atoms with Crippen LogP contribution in [0.4, 0.5) is 4.39 Å². The number of carbonyl (C=O) groups excluding carboxylic acids is 2. The van der Waals surface area contributed by atoms with E-state index in [-0.39, 0.29) is 36.3 Å². The summed E-state index contributed by atoms with van der Waals surface area (Å²) in [4.78, 5) is 29.9. The zero-order valence-corrected chi connectivity index (χ0v) is 16.8. The fourth-order valence-corrected chi connectivity index (χ4v) is 4.53. The van der Waals surface area contributed by atoms with E-state index in [0.29, 0.717) is 6.54 Å². The van der Waals surface area contributed by atoms with E-state index >= 15 is 0 Å². The summed E-state index contributed by atoms with van der Waals surface area (Å²) in [5.74, 6) is -0.460. The Bertz CT molecular complexity index is 818. The number of halogens is 1. The molecule has 2 heterocycles. The van der Waals surface area contributed by atoms with E-state index in [2.05, 4.69) is 0 Å². The topological polar surface area (TPSA) is 40.6 Å². The number of fused-ring (bicyclic) bond motifs is 1. The molecule has 0 spiro atoms. The molecular weight excluding hydrogens is 363 g/mol. The van der Waals surface area contributed by atoms with Gasteiger partial charge in [0.15, 0.2) is 0 Å². The zero-order valence-electron chi connectivity index (χ0n) is 15.9. The SMILES string of the molecule is CC[C@H](C)N(CC(=O)N1CCc2sccc2[C@H]1c1ccc(F)cc1)C(C)=O. The molecule has 1 aromatic heterocycles. The molecule has 2 amide bonds. The van der Waals surface area contributed by atoms with Gasteiger partial charge in [-0.05, 0) is 54.5 Å². The van der Waals surface area contributed by atoms with Crippen LogP contribution in [0.3, 0.4) is 0 Å². The molecule has 3 rings (SSSR count). The predicted molar refractivity (Wildman–Crippen MR) is 105 cm³/mol. The van der Waals surface area contributed by atoms with Crippen LogP contribution in [0.25, 0.3) is 0 Å². The molecule has 6 heteroatoms. The second-order valence-corrected chi connectivity index (χ2v) is 8.00. The Balaban J connectivity index is 1.91. The molecule has 2 atom stereocenters. The van der Waals surface area contributed by atoms with Gasteiger partial charge in [0, 0.05) is 24.4 Å². The van der Waals surface area contributed by atoms with Gasteiger partial charge in [-0.25, -0.2) is 4.39 Å². The summed E-state index contributed by atoms with van der Waals surface area (Å²) in [6.45, 7) is 6.14. The third-order valence-electron chi connectivity index (χ3n) is 5.30. The normalized spacial score (nSPS) is 17.3. The third kappa shape index (κ3) is 4.05. The number of hydrogen-bond acceptors (Lipinski definition) is 3. The van der Waals surface area contributed by atoms with E-state index in [1.165, 1.54) is 23.9 Å². The molecule has 1 aliphatic rings. The first-order valence-corrected chi connectivity index (χ1v) is 10.2. The number of carbonyl (C=O) groups is 2. The Morgan fingerprint density at radius 3 is 2.63 bits per heavy atom. The largest absolute Gasteiger partial charge is 0.331 e. The van der Waals surface area contributed by atoms with Gasteiger partial charge in [-0.3, -0.25) is 9.59 Å². The van der Waals surface area contributed by atoms with Crippen molar-refractivity contribution in [1.82, 2.24) is 9.80 Å². The van der Waals surface area contributed by atoms with Gasteiger partial charge in [-0.2, -0.15) is 0 Å². The summed E-state index contributed by atoms with van der Waals surface area (Å²) in [7, 11) is 0. The Labute approximate surface area is 163 Å². The van der Waals surface area contributed by atoms with Crippen LogP contribution in [-0.4, -0.2) is 40.7 Å². The molecule has 4 nitrogen and oxygen atoms in total. The molecule has 0 saturated heterocycles. The van der Waals surface area contributed by atoms with Crippen LogP contribution < -0.4 is 0 Å². The molecule has 144 valence electrons. The summed E-state index contributed by atoms with van der Waals surface area (Å²) in [5.41, 5.74) is 1.99. The van der Waals surface area contributed by atoms with Crippen molar-refractivity contribution in [2.75, 3.05) is 13.1 Å². The van der Waals surface area contributed by atoms with Gasteiger partial charge >= 0.3 is 0 Å². The van der Waals surface area contributed by atoms with E-state index in [9.17, 15) is 14.0 Å². The van der Waals surface area contributed by atoms with E-state index in [1.807, 2.05) is 30.2 Å². The lowest BCUT2D eigenvalue weighted by molar-refractivity contribution is -0.142. The summed E-state index contributed by atoms with van der Waals surface area (Å²) in [6, 6.07) is 8.16. The minimum atomic E-state index is -0.294. The highest BCUT2D eigenvalue weighted by atomic mass is 32.1. The lowest BCUT2D eigenvalue weighted by Crippen LogP contribution is -2.48. The first-order valence-electron chi connectivity index (χ1n) is 9.30. The second kappa shape index (κ2) is 8.21. The standard InChI is InChI=1S/C21H25FN2O2S/c1-4-14(2)24(15(3)25)13-20(26)23-11-9-19-18(10-12-27-19)21(23)16-5-7-17(22)8-6-16/h5-8,10,12,14,21H,4,9,11,13H2,1-3H3/t14-,21+/m0/s1. The van der Waals surface area contributed by atoms with Crippen LogP contribution in [-0.2, 0) is 16.0 Å². The van der Waals surface area contributed by atoms with Crippen LogP contribution in [0.1, 0.15) is 49.2 Å². The van der Waals surface area contributed by atoms with Crippen LogP contribution in [0.15, 0.2) is 35.7 Å². The summed E-state index contributed by atoms with van der Waals surface area (Å²) >= 11 is 1.69. The molecule has 0 N–H and O–H groups in total. The molecule has 1 aliphatic heterocycles. The maximum atomic E-state index is 13.4. The lowest BCUT2D eigenvalue weighted by Gasteiger charge is -2.38. The van der Waals surface area contributed by atoms with Crippen molar-refractivity contribution in [3.63, 3.8) is 0 Å². The summed E-state index contributed by atoms with van der Waals surface area (Å²) in [6.07, 6.45) is 1.60. The Morgan fingerprint density at radius 2 is 2.00 bits per heavy atom. The number of rotatable bonds is 5. The van der Waals surface area contributed by atoms with Crippen LogP contribution in [0, 0.1) is 5.82 Å². The van der Waals surface area contributed by atoms with Gasteiger partial charge in [0.05, 0.1) is 6.04 Å². The van der Waals surface area contributed by atoms with Gasteiger partial charge in [-0.1, -0.05) is 19.1 Å². The van der Waals surface area contributed by atoms with E-state index < -0.39 is 0 Å². The molecule has 0 unspecified atom stereocenters. The highest BCUT2D eigenvalue weighted by Crippen LogP contribution is 2.37. The first kappa shape index (κ1) is 19.5. The highest BCUT2D eigenvalue weighted by Gasteiger charge is 2.34. The quantitative estimate of drug-likeness (QED) is 0.777. The first-order chi connectivity index (χ1) is 12.9. The third-order valence-corrected chi connectivity index (χ3v) is 6.30. The number of hydrogen-bond donors (Lipinski definition) is 0. The predicted octanol–water partition coefficient (Wildman–Crippen LogP) is 4.01. The molecular formula is C21H25FN2O2S. The van der Waals surface area contributed by atoms with E-state index in [4.69, 9.17) is 0 Å². The number of nitrogens with zero attached hydrogens (tertiary/aromatic N) is 2. The van der Waals surface area contributed by atoms with Gasteiger partial charge in [0.25, 0.3) is 0 Å². The van der Waals surface area contributed by atoms with Crippen LogP contribution in [0.5, 0.6) is 0 Å². The number of amides is 2. The van der Waals surface area contributed by atoms with Crippen molar-refractivity contribution in [3.05, 3.63) is 57.5 Å². The minimum Gasteiger partial charge on any atom is -0.331 e. The van der Waals surface area contributed by atoms with Gasteiger partial charge in [0.2, 0.25) is 11.8 Å². The molecule has 27 heavy (non-hydrogen) atoms. The molecule has 2 aromatic rings.